The Morgan fingerprint density at radius 1 is 1.04 bits per heavy atom. The summed E-state index contributed by atoms with van der Waals surface area (Å²) in [5, 5.41) is 2.98. The lowest BCUT2D eigenvalue weighted by Crippen LogP contribution is -2.22. The highest BCUT2D eigenvalue weighted by Gasteiger charge is 2.03. The summed E-state index contributed by atoms with van der Waals surface area (Å²) in [6.45, 7) is 1.38. The van der Waals surface area contributed by atoms with Crippen LogP contribution in [-0.4, -0.2) is 21.2 Å². The average Bonchev–Trinajstić information content (AvgIpc) is 3.15. The standard InChI is InChI=1S/C20H21N3OS/c24-20(10-13-25-19-4-2-1-3-5-19)22-14-17-6-8-18(9-7-17)15-23-12-11-21-16-23/h1-9,11-12,16H,10,13-15H2,(H,22,24). The first-order chi connectivity index (χ1) is 12.3. The van der Waals surface area contributed by atoms with Crippen LogP contribution in [0.4, 0.5) is 0 Å². The van der Waals surface area contributed by atoms with Crippen molar-refractivity contribution in [1.29, 1.82) is 0 Å². The zero-order chi connectivity index (χ0) is 17.3. The molecular formula is C20H21N3OS. The summed E-state index contributed by atoms with van der Waals surface area (Å²) in [6, 6.07) is 18.5. The van der Waals surface area contributed by atoms with Crippen LogP contribution in [0, 0.1) is 0 Å². The molecule has 5 heteroatoms. The number of hydrogen-bond donors (Lipinski definition) is 1. The minimum atomic E-state index is 0.0888. The number of hydrogen-bond acceptors (Lipinski definition) is 3. The van der Waals surface area contributed by atoms with Gasteiger partial charge in [-0.25, -0.2) is 4.98 Å². The molecule has 0 saturated carbocycles. The fraction of sp³-hybridized carbons (Fsp3) is 0.200. The molecule has 0 radical (unpaired) electrons. The Hall–Kier alpha value is -2.53. The second-order valence-electron chi connectivity index (χ2n) is 5.74. The van der Waals surface area contributed by atoms with Crippen LogP contribution >= 0.6 is 11.8 Å². The molecule has 0 fully saturated rings. The van der Waals surface area contributed by atoms with Gasteiger partial charge in [0.25, 0.3) is 0 Å². The molecule has 1 amide bonds. The monoisotopic (exact) mass is 351 g/mol. The number of nitrogens with zero attached hydrogens (tertiary/aromatic N) is 2. The van der Waals surface area contributed by atoms with E-state index in [-0.39, 0.29) is 5.91 Å². The molecule has 0 spiro atoms. The van der Waals surface area contributed by atoms with Crippen LogP contribution in [0.5, 0.6) is 0 Å². The lowest BCUT2D eigenvalue weighted by Gasteiger charge is -2.07. The van der Waals surface area contributed by atoms with Crippen molar-refractivity contribution in [2.24, 2.45) is 0 Å². The van der Waals surface area contributed by atoms with Gasteiger partial charge < -0.3 is 9.88 Å². The van der Waals surface area contributed by atoms with Gasteiger partial charge in [0.1, 0.15) is 0 Å². The highest BCUT2D eigenvalue weighted by Crippen LogP contribution is 2.17. The SMILES string of the molecule is O=C(CCSc1ccccc1)NCc1ccc(Cn2ccnc2)cc1. The van der Waals surface area contributed by atoms with Gasteiger partial charge in [-0.15, -0.1) is 11.8 Å². The summed E-state index contributed by atoms with van der Waals surface area (Å²) in [4.78, 5) is 17.2. The molecule has 4 nitrogen and oxygen atoms in total. The van der Waals surface area contributed by atoms with E-state index in [0.717, 1.165) is 17.9 Å². The molecule has 0 atom stereocenters. The van der Waals surface area contributed by atoms with E-state index >= 15 is 0 Å². The molecular weight excluding hydrogens is 330 g/mol. The average molecular weight is 351 g/mol. The molecule has 0 unspecified atom stereocenters. The number of carbonyl (C=O) groups excluding carboxylic acids is 1. The van der Waals surface area contributed by atoms with Crippen LogP contribution in [0.15, 0.2) is 78.2 Å². The first-order valence-corrected chi connectivity index (χ1v) is 9.26. The topological polar surface area (TPSA) is 46.9 Å². The number of nitrogens with one attached hydrogen (secondary N) is 1. The summed E-state index contributed by atoms with van der Waals surface area (Å²) in [5.41, 5.74) is 2.32. The van der Waals surface area contributed by atoms with Crippen LogP contribution in [0.2, 0.25) is 0 Å². The van der Waals surface area contributed by atoms with Gasteiger partial charge in [0, 0.05) is 42.6 Å². The Morgan fingerprint density at radius 2 is 1.80 bits per heavy atom. The molecule has 0 aliphatic heterocycles. The number of aromatic nitrogens is 2. The molecule has 0 aliphatic rings. The van der Waals surface area contributed by atoms with Crippen molar-refractivity contribution in [1.82, 2.24) is 14.9 Å². The first-order valence-electron chi connectivity index (χ1n) is 8.28. The van der Waals surface area contributed by atoms with E-state index in [2.05, 4.69) is 46.7 Å². The summed E-state index contributed by atoms with van der Waals surface area (Å²) < 4.78 is 2.03. The van der Waals surface area contributed by atoms with Gasteiger partial charge in [-0.3, -0.25) is 4.79 Å². The van der Waals surface area contributed by atoms with Gasteiger partial charge in [-0.1, -0.05) is 42.5 Å². The van der Waals surface area contributed by atoms with Crippen molar-refractivity contribution in [2.45, 2.75) is 24.4 Å². The Morgan fingerprint density at radius 3 is 2.52 bits per heavy atom. The highest BCUT2D eigenvalue weighted by atomic mass is 32.2. The summed E-state index contributed by atoms with van der Waals surface area (Å²) in [6.07, 6.45) is 6.06. The summed E-state index contributed by atoms with van der Waals surface area (Å²) in [5.74, 6) is 0.880. The zero-order valence-corrected chi connectivity index (χ0v) is 14.8. The van der Waals surface area contributed by atoms with E-state index in [1.807, 2.05) is 35.3 Å². The predicted molar refractivity (Wildman–Crippen MR) is 101 cm³/mol. The first kappa shape index (κ1) is 17.3. The highest BCUT2D eigenvalue weighted by molar-refractivity contribution is 7.99. The quantitative estimate of drug-likeness (QED) is 0.629. The fourth-order valence-corrected chi connectivity index (χ4v) is 3.29. The lowest BCUT2D eigenvalue weighted by molar-refractivity contribution is -0.120. The van der Waals surface area contributed by atoms with Crippen molar-refractivity contribution >= 4 is 17.7 Å². The van der Waals surface area contributed by atoms with E-state index in [1.165, 1.54) is 10.5 Å². The smallest absolute Gasteiger partial charge is 0.221 e. The number of imidazole rings is 1. The largest absolute Gasteiger partial charge is 0.352 e. The third-order valence-electron chi connectivity index (χ3n) is 3.78. The maximum absolute atomic E-state index is 12.0. The molecule has 2 aromatic carbocycles. The van der Waals surface area contributed by atoms with Gasteiger partial charge in [0.2, 0.25) is 5.91 Å². The maximum Gasteiger partial charge on any atom is 0.221 e. The van der Waals surface area contributed by atoms with Gasteiger partial charge in [-0.05, 0) is 23.3 Å². The van der Waals surface area contributed by atoms with Crippen LogP contribution in [0.1, 0.15) is 17.5 Å². The van der Waals surface area contributed by atoms with Gasteiger partial charge in [-0.2, -0.15) is 0 Å². The number of amides is 1. The van der Waals surface area contributed by atoms with Crippen LogP contribution in [0.25, 0.3) is 0 Å². The third kappa shape index (κ3) is 5.80. The molecule has 3 aromatic rings. The second-order valence-corrected chi connectivity index (χ2v) is 6.91. The van der Waals surface area contributed by atoms with E-state index in [0.29, 0.717) is 13.0 Å². The minimum Gasteiger partial charge on any atom is -0.352 e. The van der Waals surface area contributed by atoms with Gasteiger partial charge >= 0.3 is 0 Å². The number of benzene rings is 2. The molecule has 0 aliphatic carbocycles. The van der Waals surface area contributed by atoms with Crippen molar-refractivity contribution in [3.05, 3.63) is 84.4 Å². The predicted octanol–water partition coefficient (Wildman–Crippen LogP) is 3.73. The van der Waals surface area contributed by atoms with E-state index in [4.69, 9.17) is 0 Å². The van der Waals surface area contributed by atoms with E-state index < -0.39 is 0 Å². The third-order valence-corrected chi connectivity index (χ3v) is 4.79. The van der Waals surface area contributed by atoms with Crippen molar-refractivity contribution in [3.8, 4) is 0 Å². The number of carbonyl (C=O) groups is 1. The molecule has 1 heterocycles. The summed E-state index contributed by atoms with van der Waals surface area (Å²) in [7, 11) is 0. The lowest BCUT2D eigenvalue weighted by atomic mass is 10.1. The van der Waals surface area contributed by atoms with Crippen molar-refractivity contribution in [3.63, 3.8) is 0 Å². The molecule has 3 rings (SSSR count). The minimum absolute atomic E-state index is 0.0888. The van der Waals surface area contributed by atoms with E-state index in [1.54, 1.807) is 18.0 Å². The molecule has 128 valence electrons. The molecule has 1 N–H and O–H groups in total. The Bertz CT molecular complexity index is 770. The van der Waals surface area contributed by atoms with Crippen molar-refractivity contribution in [2.75, 3.05) is 5.75 Å². The molecule has 25 heavy (non-hydrogen) atoms. The van der Waals surface area contributed by atoms with E-state index in [9.17, 15) is 4.79 Å². The van der Waals surface area contributed by atoms with Gasteiger partial charge in [0.05, 0.1) is 6.33 Å². The molecule has 0 saturated heterocycles. The van der Waals surface area contributed by atoms with Crippen LogP contribution in [0.3, 0.4) is 0 Å². The zero-order valence-electron chi connectivity index (χ0n) is 14.0. The summed E-state index contributed by atoms with van der Waals surface area (Å²) >= 11 is 1.71. The molecule has 1 aromatic heterocycles. The normalized spacial score (nSPS) is 10.6. The van der Waals surface area contributed by atoms with Crippen LogP contribution in [-0.2, 0) is 17.9 Å². The second kappa shape index (κ2) is 9.08. The Balaban J connectivity index is 1.38. The van der Waals surface area contributed by atoms with Crippen molar-refractivity contribution < 1.29 is 4.79 Å². The fourth-order valence-electron chi connectivity index (χ4n) is 2.42. The van der Waals surface area contributed by atoms with Gasteiger partial charge in [0.15, 0.2) is 0 Å². The Kier molecular flexibility index (Phi) is 6.29. The maximum atomic E-state index is 12.0. The number of rotatable bonds is 8. The Labute approximate surface area is 152 Å². The van der Waals surface area contributed by atoms with Crippen LogP contribution < -0.4 is 5.32 Å². The molecule has 0 bridgehead atoms. The number of thioether (sulfide) groups is 1.